The number of amides is 1. The molecular weight excluding hydrogens is 294 g/mol. The van der Waals surface area contributed by atoms with Gasteiger partial charge in [-0.1, -0.05) is 0 Å². The van der Waals surface area contributed by atoms with Crippen LogP contribution in [-0.2, 0) is 4.79 Å². The second-order valence-electron chi connectivity index (χ2n) is 4.98. The summed E-state index contributed by atoms with van der Waals surface area (Å²) < 4.78 is -0.00595. The van der Waals surface area contributed by atoms with Gasteiger partial charge in [0, 0.05) is 22.2 Å². The first-order valence-electron chi connectivity index (χ1n) is 6.10. The van der Waals surface area contributed by atoms with Gasteiger partial charge >= 0.3 is 5.97 Å². The molecule has 1 amide bonds. The Kier molecular flexibility index (Phi) is 5.83. The number of carboxylic acid groups (broad SMARTS) is 1. The summed E-state index contributed by atoms with van der Waals surface area (Å²) in [5.74, 6) is -1.11. The highest BCUT2D eigenvalue weighted by Crippen LogP contribution is 2.24. The van der Waals surface area contributed by atoms with Crippen LogP contribution in [0.5, 0.6) is 0 Å². The number of nitrogens with one attached hydrogen (secondary N) is 1. The van der Waals surface area contributed by atoms with E-state index in [4.69, 9.17) is 5.11 Å². The molecule has 0 aromatic carbocycles. The number of carbonyl (C=O) groups excluding carboxylic acids is 1. The van der Waals surface area contributed by atoms with Gasteiger partial charge in [0.25, 0.3) is 5.91 Å². The minimum Gasteiger partial charge on any atom is -0.478 e. The fraction of sp³-hybridized carbons (Fsp3) is 0.429. The van der Waals surface area contributed by atoms with Crippen LogP contribution >= 0.6 is 23.1 Å². The lowest BCUT2D eigenvalue weighted by molar-refractivity contribution is -0.131. The molecule has 0 unspecified atom stereocenters. The monoisotopic (exact) mass is 313 g/mol. The molecule has 0 bridgehead atoms. The number of aryl methyl sites for hydroxylation is 1. The van der Waals surface area contributed by atoms with Crippen LogP contribution in [0.25, 0.3) is 6.08 Å². The molecule has 1 aromatic rings. The van der Waals surface area contributed by atoms with Gasteiger partial charge in [0.2, 0.25) is 0 Å². The van der Waals surface area contributed by atoms with Crippen LogP contribution < -0.4 is 5.32 Å². The summed E-state index contributed by atoms with van der Waals surface area (Å²) in [5, 5.41) is 11.5. The van der Waals surface area contributed by atoms with Gasteiger partial charge in [0.1, 0.15) is 0 Å². The number of thioether (sulfide) groups is 1. The molecule has 0 radical (unpaired) electrons. The van der Waals surface area contributed by atoms with Crippen LogP contribution in [0.4, 0.5) is 0 Å². The van der Waals surface area contributed by atoms with E-state index < -0.39 is 5.97 Å². The normalized spacial score (nSPS) is 11.8. The second-order valence-corrected chi connectivity index (χ2v) is 7.57. The zero-order valence-corrected chi connectivity index (χ0v) is 13.7. The first kappa shape index (κ1) is 16.8. The molecular formula is C14H19NO3S2. The van der Waals surface area contributed by atoms with Crippen LogP contribution in [0.1, 0.15) is 34.0 Å². The minimum absolute atomic E-state index is 0.00595. The largest absolute Gasteiger partial charge is 0.478 e. The standard InChI is InChI=1S/C14H19NO3S2/c1-9-7-11(20-10(9)5-6-12(16)17)13(18)15-8-14(2,3)19-4/h5-7H,8H2,1-4H3,(H,15,18)(H,16,17)/b6-5+. The molecule has 20 heavy (non-hydrogen) atoms. The van der Waals surface area contributed by atoms with Crippen LogP contribution in [0, 0.1) is 6.92 Å². The van der Waals surface area contributed by atoms with Crippen molar-refractivity contribution in [2.45, 2.75) is 25.5 Å². The maximum atomic E-state index is 12.1. The minimum atomic E-state index is -0.995. The van der Waals surface area contributed by atoms with E-state index in [1.807, 2.05) is 13.2 Å². The lowest BCUT2D eigenvalue weighted by Crippen LogP contribution is -2.35. The van der Waals surface area contributed by atoms with E-state index in [1.54, 1.807) is 17.8 Å². The van der Waals surface area contributed by atoms with Crippen molar-refractivity contribution in [3.8, 4) is 0 Å². The van der Waals surface area contributed by atoms with Crippen molar-refractivity contribution in [1.29, 1.82) is 0 Å². The predicted molar refractivity (Wildman–Crippen MR) is 85.7 cm³/mol. The van der Waals surface area contributed by atoms with Gasteiger partial charge < -0.3 is 10.4 Å². The number of thiophene rings is 1. The van der Waals surface area contributed by atoms with E-state index in [0.29, 0.717) is 11.4 Å². The van der Waals surface area contributed by atoms with Crippen molar-refractivity contribution in [3.05, 3.63) is 27.5 Å². The molecule has 0 fully saturated rings. The van der Waals surface area contributed by atoms with Crippen molar-refractivity contribution in [3.63, 3.8) is 0 Å². The molecule has 1 aromatic heterocycles. The number of carboxylic acids is 1. The molecule has 0 aliphatic heterocycles. The Morgan fingerprint density at radius 3 is 2.70 bits per heavy atom. The first-order valence-corrected chi connectivity index (χ1v) is 8.14. The smallest absolute Gasteiger partial charge is 0.328 e. The molecule has 110 valence electrons. The van der Waals surface area contributed by atoms with Crippen LogP contribution in [0.3, 0.4) is 0 Å². The highest BCUT2D eigenvalue weighted by atomic mass is 32.2. The van der Waals surface area contributed by atoms with E-state index in [1.165, 1.54) is 17.4 Å². The molecule has 0 spiro atoms. The second kappa shape index (κ2) is 6.95. The fourth-order valence-corrected chi connectivity index (χ4v) is 2.58. The van der Waals surface area contributed by atoms with Crippen molar-refractivity contribution in [2.24, 2.45) is 0 Å². The molecule has 2 N–H and O–H groups in total. The van der Waals surface area contributed by atoms with Gasteiger partial charge in [-0.05, 0) is 44.7 Å². The summed E-state index contributed by atoms with van der Waals surface area (Å²) in [4.78, 5) is 24.0. The zero-order chi connectivity index (χ0) is 15.3. The Hall–Kier alpha value is -1.27. The van der Waals surface area contributed by atoms with Crippen LogP contribution in [-0.4, -0.2) is 34.5 Å². The van der Waals surface area contributed by atoms with E-state index >= 15 is 0 Å². The molecule has 1 heterocycles. The van der Waals surface area contributed by atoms with Gasteiger partial charge in [-0.25, -0.2) is 4.79 Å². The Morgan fingerprint density at radius 2 is 2.15 bits per heavy atom. The highest BCUT2D eigenvalue weighted by molar-refractivity contribution is 7.99. The third kappa shape index (κ3) is 5.02. The lowest BCUT2D eigenvalue weighted by atomic mass is 10.2. The van der Waals surface area contributed by atoms with Crippen molar-refractivity contribution >= 4 is 41.1 Å². The predicted octanol–water partition coefficient (Wildman–Crippen LogP) is 3.03. The summed E-state index contributed by atoms with van der Waals surface area (Å²) in [6.07, 6.45) is 4.61. The summed E-state index contributed by atoms with van der Waals surface area (Å²) in [6, 6.07) is 1.79. The average molecular weight is 313 g/mol. The molecule has 1 rings (SSSR count). The van der Waals surface area contributed by atoms with Crippen molar-refractivity contribution in [2.75, 3.05) is 12.8 Å². The summed E-state index contributed by atoms with van der Waals surface area (Å²) in [7, 11) is 0. The number of aliphatic carboxylic acids is 1. The van der Waals surface area contributed by atoms with Crippen molar-refractivity contribution < 1.29 is 14.7 Å². The SMILES string of the molecule is CSC(C)(C)CNC(=O)c1cc(C)c(/C=C/C(=O)O)s1. The van der Waals surface area contributed by atoms with Gasteiger partial charge in [-0.2, -0.15) is 11.8 Å². The van der Waals surface area contributed by atoms with Crippen LogP contribution in [0.15, 0.2) is 12.1 Å². The molecule has 4 nitrogen and oxygen atoms in total. The number of hydrogen-bond donors (Lipinski definition) is 2. The highest BCUT2D eigenvalue weighted by Gasteiger charge is 2.18. The maximum absolute atomic E-state index is 12.1. The number of carbonyl (C=O) groups is 2. The molecule has 0 atom stereocenters. The van der Waals surface area contributed by atoms with E-state index in [0.717, 1.165) is 16.5 Å². The average Bonchev–Trinajstić information content (AvgIpc) is 2.75. The summed E-state index contributed by atoms with van der Waals surface area (Å²) in [5.41, 5.74) is 0.904. The first-order chi connectivity index (χ1) is 9.25. The van der Waals surface area contributed by atoms with Crippen LogP contribution in [0.2, 0.25) is 0 Å². The Bertz CT molecular complexity index is 533. The maximum Gasteiger partial charge on any atom is 0.328 e. The summed E-state index contributed by atoms with van der Waals surface area (Å²) in [6.45, 7) is 6.59. The van der Waals surface area contributed by atoms with Gasteiger partial charge in [-0.15, -0.1) is 11.3 Å². The molecule has 0 saturated carbocycles. The lowest BCUT2D eigenvalue weighted by Gasteiger charge is -2.21. The molecule has 0 aliphatic rings. The molecule has 0 saturated heterocycles. The Labute approximate surface area is 127 Å². The zero-order valence-electron chi connectivity index (χ0n) is 12.0. The third-order valence-electron chi connectivity index (χ3n) is 2.78. The quantitative estimate of drug-likeness (QED) is 0.792. The fourth-order valence-electron chi connectivity index (χ4n) is 1.37. The van der Waals surface area contributed by atoms with Gasteiger partial charge in [-0.3, -0.25) is 4.79 Å². The van der Waals surface area contributed by atoms with Gasteiger partial charge in [0.05, 0.1) is 4.88 Å². The van der Waals surface area contributed by atoms with E-state index in [2.05, 4.69) is 19.2 Å². The molecule has 0 aliphatic carbocycles. The topological polar surface area (TPSA) is 66.4 Å². The molecule has 6 heteroatoms. The number of hydrogen-bond acceptors (Lipinski definition) is 4. The Balaban J connectivity index is 2.75. The summed E-state index contributed by atoms with van der Waals surface area (Å²) >= 11 is 2.99. The van der Waals surface area contributed by atoms with Gasteiger partial charge in [0.15, 0.2) is 0 Å². The number of rotatable bonds is 6. The van der Waals surface area contributed by atoms with E-state index in [-0.39, 0.29) is 10.7 Å². The van der Waals surface area contributed by atoms with Crippen molar-refractivity contribution in [1.82, 2.24) is 5.32 Å². The van der Waals surface area contributed by atoms with E-state index in [9.17, 15) is 9.59 Å². The Morgan fingerprint density at radius 1 is 1.50 bits per heavy atom. The third-order valence-corrected chi connectivity index (χ3v) is 5.24.